The van der Waals surface area contributed by atoms with Gasteiger partial charge in [0, 0.05) is 16.8 Å². The summed E-state index contributed by atoms with van der Waals surface area (Å²) >= 11 is 6.39. The number of aromatic amines is 1. The van der Waals surface area contributed by atoms with E-state index in [0.717, 1.165) is 0 Å². The van der Waals surface area contributed by atoms with Crippen molar-refractivity contribution in [2.24, 2.45) is 16.5 Å². The Hall–Kier alpha value is -3.05. The minimum absolute atomic E-state index is 0.0746. The summed E-state index contributed by atoms with van der Waals surface area (Å²) in [6, 6.07) is 5.48. The number of hydrogen-bond donors (Lipinski definition) is 3. The molecule has 0 radical (unpaired) electrons. The number of nitrogens with zero attached hydrogens (tertiary/aromatic N) is 2. The molecule has 0 aliphatic heterocycles. The molecule has 9 heteroatoms. The van der Waals surface area contributed by atoms with E-state index in [4.69, 9.17) is 37.3 Å². The van der Waals surface area contributed by atoms with E-state index in [1.54, 1.807) is 12.1 Å². The topological polar surface area (TPSA) is 132 Å². The summed E-state index contributed by atoms with van der Waals surface area (Å²) < 4.78 is 16.2. The van der Waals surface area contributed by atoms with Crippen LogP contribution in [0.2, 0.25) is 5.02 Å². The van der Waals surface area contributed by atoms with Crippen molar-refractivity contribution in [2.45, 2.75) is 6.54 Å². The molecule has 1 aromatic heterocycles. The maximum absolute atomic E-state index is 9.26. The van der Waals surface area contributed by atoms with Gasteiger partial charge in [0.2, 0.25) is 5.75 Å². The second-order valence-electron chi connectivity index (χ2n) is 4.90. The Labute approximate surface area is 149 Å². The van der Waals surface area contributed by atoms with Crippen molar-refractivity contribution in [1.82, 2.24) is 4.98 Å². The molecule has 132 valence electrons. The quantitative estimate of drug-likeness (QED) is 0.531. The SMILES string of the molecule is COc1ccc(-c2c(CN=C(N)N)[nH]c(C#N)c2Cl)c(OC)c1OC. The molecule has 5 N–H and O–H groups in total. The van der Waals surface area contributed by atoms with Gasteiger partial charge in [0.15, 0.2) is 17.5 Å². The molecule has 0 amide bonds. The van der Waals surface area contributed by atoms with Gasteiger partial charge in [-0.15, -0.1) is 0 Å². The first-order valence-corrected chi connectivity index (χ1v) is 7.51. The van der Waals surface area contributed by atoms with Gasteiger partial charge in [-0.2, -0.15) is 5.26 Å². The molecule has 1 aromatic carbocycles. The highest BCUT2D eigenvalue weighted by molar-refractivity contribution is 6.34. The van der Waals surface area contributed by atoms with Crippen LogP contribution in [0.3, 0.4) is 0 Å². The highest BCUT2D eigenvalue weighted by atomic mass is 35.5. The lowest BCUT2D eigenvalue weighted by Crippen LogP contribution is -2.22. The molecule has 0 fully saturated rings. The van der Waals surface area contributed by atoms with Gasteiger partial charge in [-0.1, -0.05) is 11.6 Å². The van der Waals surface area contributed by atoms with Crippen molar-refractivity contribution < 1.29 is 14.2 Å². The first-order valence-electron chi connectivity index (χ1n) is 7.13. The van der Waals surface area contributed by atoms with Crippen LogP contribution in [0.15, 0.2) is 17.1 Å². The molecule has 0 bridgehead atoms. The van der Waals surface area contributed by atoms with Crippen molar-refractivity contribution >= 4 is 17.6 Å². The van der Waals surface area contributed by atoms with Crippen molar-refractivity contribution in [3.05, 3.63) is 28.5 Å². The molecule has 0 aliphatic rings. The molecule has 2 aromatic rings. The Bertz CT molecular complexity index is 850. The molecule has 0 saturated carbocycles. The predicted octanol–water partition coefficient (Wildman–Crippen LogP) is 2.01. The number of ether oxygens (including phenoxy) is 3. The van der Waals surface area contributed by atoms with E-state index in [1.807, 2.05) is 6.07 Å². The third kappa shape index (κ3) is 3.41. The predicted molar refractivity (Wildman–Crippen MR) is 95.1 cm³/mol. The summed E-state index contributed by atoms with van der Waals surface area (Å²) in [6.45, 7) is 0.122. The number of nitrogens with two attached hydrogens (primary N) is 2. The van der Waals surface area contributed by atoms with E-state index in [-0.39, 0.29) is 23.2 Å². The molecule has 25 heavy (non-hydrogen) atoms. The van der Waals surface area contributed by atoms with E-state index < -0.39 is 0 Å². The van der Waals surface area contributed by atoms with Crippen LogP contribution < -0.4 is 25.7 Å². The average Bonchev–Trinajstić information content (AvgIpc) is 2.93. The number of rotatable bonds is 6. The lowest BCUT2D eigenvalue weighted by atomic mass is 10.0. The molecule has 0 aliphatic carbocycles. The van der Waals surface area contributed by atoms with Gasteiger partial charge in [-0.25, -0.2) is 4.99 Å². The third-order valence-electron chi connectivity index (χ3n) is 3.52. The fourth-order valence-corrected chi connectivity index (χ4v) is 2.78. The minimum Gasteiger partial charge on any atom is -0.493 e. The standard InChI is InChI=1S/C16H18ClN5O3/c1-23-11-5-4-8(14(24-2)15(11)25-3)12-10(7-21-16(19)20)22-9(6-18)13(12)17/h4-5,22H,7H2,1-3H3,(H4,19,20,21). The molecule has 1 heterocycles. The largest absolute Gasteiger partial charge is 0.493 e. The Balaban J connectivity index is 2.75. The van der Waals surface area contributed by atoms with Gasteiger partial charge in [-0.05, 0) is 12.1 Å². The zero-order chi connectivity index (χ0) is 18.6. The summed E-state index contributed by atoms with van der Waals surface area (Å²) in [6.07, 6.45) is 0. The first kappa shape index (κ1) is 18.3. The van der Waals surface area contributed by atoms with Gasteiger partial charge in [0.25, 0.3) is 0 Å². The van der Waals surface area contributed by atoms with Gasteiger partial charge >= 0.3 is 0 Å². The van der Waals surface area contributed by atoms with E-state index >= 15 is 0 Å². The van der Waals surface area contributed by atoms with Gasteiger partial charge < -0.3 is 30.7 Å². The number of H-pyrrole nitrogens is 1. The van der Waals surface area contributed by atoms with E-state index in [2.05, 4.69) is 9.98 Å². The molecule has 0 saturated heterocycles. The number of guanidine groups is 1. The van der Waals surface area contributed by atoms with Crippen LogP contribution in [-0.4, -0.2) is 32.3 Å². The Morgan fingerprint density at radius 1 is 1.20 bits per heavy atom. The zero-order valence-electron chi connectivity index (χ0n) is 14.0. The van der Waals surface area contributed by atoms with Gasteiger partial charge in [0.05, 0.1) is 32.9 Å². The fraction of sp³-hybridized carbons (Fsp3) is 0.250. The van der Waals surface area contributed by atoms with E-state index in [1.165, 1.54) is 21.3 Å². The summed E-state index contributed by atoms with van der Waals surface area (Å²) in [4.78, 5) is 6.91. The Kier molecular flexibility index (Phi) is 5.62. The highest BCUT2D eigenvalue weighted by Crippen LogP contribution is 2.47. The summed E-state index contributed by atoms with van der Waals surface area (Å²) in [5, 5.41) is 9.51. The van der Waals surface area contributed by atoms with Crippen LogP contribution in [0.25, 0.3) is 11.1 Å². The molecular weight excluding hydrogens is 346 g/mol. The van der Waals surface area contributed by atoms with Crippen LogP contribution in [0.1, 0.15) is 11.4 Å². The van der Waals surface area contributed by atoms with Crippen molar-refractivity contribution in [3.63, 3.8) is 0 Å². The minimum atomic E-state index is -0.0746. The monoisotopic (exact) mass is 363 g/mol. The number of halogens is 1. The molecule has 0 atom stereocenters. The normalized spacial score (nSPS) is 10.0. The Morgan fingerprint density at radius 2 is 1.88 bits per heavy atom. The maximum Gasteiger partial charge on any atom is 0.203 e. The maximum atomic E-state index is 9.26. The molecule has 0 spiro atoms. The van der Waals surface area contributed by atoms with Crippen LogP contribution in [0.5, 0.6) is 17.2 Å². The molecule has 2 rings (SSSR count). The number of nitrogens with one attached hydrogen (secondary N) is 1. The molecule has 8 nitrogen and oxygen atoms in total. The van der Waals surface area contributed by atoms with Crippen molar-refractivity contribution in [2.75, 3.05) is 21.3 Å². The summed E-state index contributed by atoms with van der Waals surface area (Å²) in [5.74, 6) is 1.25. The number of benzene rings is 1. The summed E-state index contributed by atoms with van der Waals surface area (Å²) in [7, 11) is 4.53. The van der Waals surface area contributed by atoms with Gasteiger partial charge in [-0.3, -0.25) is 0 Å². The molecular formula is C16H18ClN5O3. The number of aromatic nitrogens is 1. The number of methoxy groups -OCH3 is 3. The van der Waals surface area contributed by atoms with Gasteiger partial charge in [0.1, 0.15) is 11.8 Å². The fourth-order valence-electron chi connectivity index (χ4n) is 2.47. The van der Waals surface area contributed by atoms with Crippen molar-refractivity contribution in [1.29, 1.82) is 5.26 Å². The smallest absolute Gasteiger partial charge is 0.203 e. The highest BCUT2D eigenvalue weighted by Gasteiger charge is 2.24. The van der Waals surface area contributed by atoms with Crippen LogP contribution >= 0.6 is 11.6 Å². The second-order valence-corrected chi connectivity index (χ2v) is 5.28. The van der Waals surface area contributed by atoms with Crippen LogP contribution in [-0.2, 0) is 6.54 Å². The zero-order valence-corrected chi connectivity index (χ0v) is 14.8. The lowest BCUT2D eigenvalue weighted by molar-refractivity contribution is 0.325. The number of hydrogen-bond acceptors (Lipinski definition) is 5. The lowest BCUT2D eigenvalue weighted by Gasteiger charge is -2.16. The first-order chi connectivity index (χ1) is 12.0. The third-order valence-corrected chi connectivity index (χ3v) is 3.90. The number of aliphatic imine (C=N–C) groups is 1. The van der Waals surface area contributed by atoms with E-state index in [0.29, 0.717) is 34.1 Å². The second kappa shape index (κ2) is 7.68. The molecule has 0 unspecified atom stereocenters. The summed E-state index contributed by atoms with van der Waals surface area (Å²) in [5.41, 5.74) is 12.7. The Morgan fingerprint density at radius 3 is 2.40 bits per heavy atom. The average molecular weight is 364 g/mol. The van der Waals surface area contributed by atoms with Crippen LogP contribution in [0.4, 0.5) is 0 Å². The van der Waals surface area contributed by atoms with Crippen molar-refractivity contribution in [3.8, 4) is 34.4 Å². The van der Waals surface area contributed by atoms with Crippen LogP contribution in [0, 0.1) is 11.3 Å². The number of nitriles is 1. The van der Waals surface area contributed by atoms with E-state index in [9.17, 15) is 5.26 Å².